The van der Waals surface area contributed by atoms with E-state index in [1.165, 1.54) is 12.1 Å². The van der Waals surface area contributed by atoms with Gasteiger partial charge < -0.3 is 0 Å². The van der Waals surface area contributed by atoms with Crippen LogP contribution in [0.3, 0.4) is 0 Å². The second-order valence-electron chi connectivity index (χ2n) is 3.53. The standard InChI is InChI=1S/C11H9ClF4O/c12-9-2-1-3-10(13)8(9)6-7(17)4-5-11(14,15)16/h1-3H,4-6H2. The third kappa shape index (κ3) is 4.73. The highest BCUT2D eigenvalue weighted by Gasteiger charge is 2.28. The Hall–Kier alpha value is -1.10. The SMILES string of the molecule is O=C(CCC(F)(F)F)Cc1c(F)cccc1Cl. The Balaban J connectivity index is 2.63. The molecular weight excluding hydrogens is 260 g/mol. The first-order valence-corrected chi connectivity index (χ1v) is 5.19. The molecule has 0 fully saturated rings. The van der Waals surface area contributed by atoms with Crippen LogP contribution in [-0.2, 0) is 11.2 Å². The molecule has 1 aromatic rings. The van der Waals surface area contributed by atoms with E-state index in [9.17, 15) is 22.4 Å². The maximum Gasteiger partial charge on any atom is 0.389 e. The van der Waals surface area contributed by atoms with Crippen molar-refractivity contribution in [2.45, 2.75) is 25.4 Å². The zero-order valence-electron chi connectivity index (χ0n) is 8.65. The van der Waals surface area contributed by atoms with Gasteiger partial charge in [-0.3, -0.25) is 4.79 Å². The minimum Gasteiger partial charge on any atom is -0.299 e. The van der Waals surface area contributed by atoms with Crippen molar-refractivity contribution in [3.63, 3.8) is 0 Å². The third-order valence-electron chi connectivity index (χ3n) is 2.12. The van der Waals surface area contributed by atoms with Gasteiger partial charge in [0.1, 0.15) is 11.6 Å². The lowest BCUT2D eigenvalue weighted by atomic mass is 10.1. The Labute approximate surface area is 100 Å². The number of ketones is 1. The van der Waals surface area contributed by atoms with Crippen molar-refractivity contribution in [1.29, 1.82) is 0 Å². The van der Waals surface area contributed by atoms with Crippen molar-refractivity contribution in [1.82, 2.24) is 0 Å². The van der Waals surface area contributed by atoms with Crippen molar-refractivity contribution < 1.29 is 22.4 Å². The van der Waals surface area contributed by atoms with E-state index in [1.807, 2.05) is 0 Å². The van der Waals surface area contributed by atoms with Gasteiger partial charge in [0.2, 0.25) is 0 Å². The molecule has 1 aromatic carbocycles. The summed E-state index contributed by atoms with van der Waals surface area (Å²) in [5.41, 5.74) is -0.0543. The van der Waals surface area contributed by atoms with Crippen LogP contribution in [0.1, 0.15) is 18.4 Å². The van der Waals surface area contributed by atoms with Crippen molar-refractivity contribution in [3.8, 4) is 0 Å². The maximum atomic E-state index is 13.2. The van der Waals surface area contributed by atoms with Crippen molar-refractivity contribution in [3.05, 3.63) is 34.6 Å². The molecule has 94 valence electrons. The Morgan fingerprint density at radius 3 is 2.47 bits per heavy atom. The number of benzene rings is 1. The minimum absolute atomic E-state index is 0.0466. The number of halogens is 5. The summed E-state index contributed by atoms with van der Waals surface area (Å²) in [5.74, 6) is -1.37. The summed E-state index contributed by atoms with van der Waals surface area (Å²) >= 11 is 5.65. The smallest absolute Gasteiger partial charge is 0.299 e. The quantitative estimate of drug-likeness (QED) is 0.756. The normalized spacial score (nSPS) is 11.6. The molecule has 0 aliphatic rings. The van der Waals surface area contributed by atoms with E-state index in [0.717, 1.165) is 6.07 Å². The molecule has 0 N–H and O–H groups in total. The zero-order chi connectivity index (χ0) is 13.1. The summed E-state index contributed by atoms with van der Waals surface area (Å²) in [4.78, 5) is 11.2. The number of hydrogen-bond donors (Lipinski definition) is 0. The van der Waals surface area contributed by atoms with Crippen molar-refractivity contribution in [2.75, 3.05) is 0 Å². The van der Waals surface area contributed by atoms with Crippen molar-refractivity contribution in [2.24, 2.45) is 0 Å². The summed E-state index contributed by atoms with van der Waals surface area (Å²) < 4.78 is 48.8. The summed E-state index contributed by atoms with van der Waals surface area (Å²) in [7, 11) is 0. The fourth-order valence-corrected chi connectivity index (χ4v) is 1.50. The van der Waals surface area contributed by atoms with E-state index >= 15 is 0 Å². The highest BCUT2D eigenvalue weighted by atomic mass is 35.5. The van der Waals surface area contributed by atoms with Crippen LogP contribution < -0.4 is 0 Å². The Morgan fingerprint density at radius 1 is 1.29 bits per heavy atom. The van der Waals surface area contributed by atoms with Crippen LogP contribution in [0.2, 0.25) is 5.02 Å². The molecule has 0 spiro atoms. The Kier molecular flexibility index (Phi) is 4.51. The highest BCUT2D eigenvalue weighted by molar-refractivity contribution is 6.31. The number of alkyl halides is 3. The molecule has 1 nitrogen and oxygen atoms in total. The molecule has 1 rings (SSSR count). The van der Waals surface area contributed by atoms with Crippen LogP contribution in [0, 0.1) is 5.82 Å². The van der Waals surface area contributed by atoms with Gasteiger partial charge in [-0.2, -0.15) is 13.2 Å². The molecule has 17 heavy (non-hydrogen) atoms. The average molecular weight is 269 g/mol. The fraction of sp³-hybridized carbons (Fsp3) is 0.364. The molecule has 0 saturated carbocycles. The molecule has 0 bridgehead atoms. The second-order valence-corrected chi connectivity index (χ2v) is 3.94. The van der Waals surface area contributed by atoms with Crippen molar-refractivity contribution >= 4 is 17.4 Å². The van der Waals surface area contributed by atoms with Crippen LogP contribution in [0.4, 0.5) is 17.6 Å². The summed E-state index contributed by atoms with van der Waals surface area (Å²) in [6.45, 7) is 0. The molecule has 0 heterocycles. The maximum absolute atomic E-state index is 13.2. The van der Waals surface area contributed by atoms with E-state index in [1.54, 1.807) is 0 Å². The van der Waals surface area contributed by atoms with Gasteiger partial charge in [0, 0.05) is 23.4 Å². The van der Waals surface area contributed by atoms with E-state index < -0.39 is 37.0 Å². The van der Waals surface area contributed by atoms with Crippen LogP contribution in [0.15, 0.2) is 18.2 Å². The predicted molar refractivity (Wildman–Crippen MR) is 55.4 cm³/mol. The lowest BCUT2D eigenvalue weighted by Crippen LogP contribution is -2.12. The summed E-state index contributed by atoms with van der Waals surface area (Å²) in [6.07, 6.45) is -6.65. The van der Waals surface area contributed by atoms with E-state index in [0.29, 0.717) is 0 Å². The van der Waals surface area contributed by atoms with Gasteiger partial charge >= 0.3 is 6.18 Å². The first-order chi connectivity index (χ1) is 7.79. The monoisotopic (exact) mass is 268 g/mol. The lowest BCUT2D eigenvalue weighted by Gasteiger charge is -2.07. The van der Waals surface area contributed by atoms with E-state index in [-0.39, 0.29) is 10.6 Å². The van der Waals surface area contributed by atoms with Gasteiger partial charge in [-0.15, -0.1) is 0 Å². The van der Waals surface area contributed by atoms with Crippen LogP contribution in [0.25, 0.3) is 0 Å². The van der Waals surface area contributed by atoms with Gasteiger partial charge in [0.15, 0.2) is 0 Å². The molecule has 0 unspecified atom stereocenters. The molecular formula is C11H9ClF4O. The topological polar surface area (TPSA) is 17.1 Å². The van der Waals surface area contributed by atoms with Gasteiger partial charge in [0.05, 0.1) is 6.42 Å². The number of rotatable bonds is 4. The molecule has 0 atom stereocenters. The molecule has 0 aliphatic carbocycles. The predicted octanol–water partition coefficient (Wildman–Crippen LogP) is 3.93. The van der Waals surface area contributed by atoms with Crippen LogP contribution >= 0.6 is 11.6 Å². The number of Topliss-reactive ketones (excluding diaryl/α,β-unsaturated/α-hetero) is 1. The largest absolute Gasteiger partial charge is 0.389 e. The molecule has 0 saturated heterocycles. The molecule has 0 aliphatic heterocycles. The number of carbonyl (C=O) groups excluding carboxylic acids is 1. The number of carbonyl (C=O) groups is 1. The fourth-order valence-electron chi connectivity index (χ4n) is 1.27. The van der Waals surface area contributed by atoms with Gasteiger partial charge in [-0.1, -0.05) is 17.7 Å². The Morgan fingerprint density at radius 2 is 1.94 bits per heavy atom. The molecule has 0 aromatic heterocycles. The molecule has 0 amide bonds. The first kappa shape index (κ1) is 14.0. The van der Waals surface area contributed by atoms with Gasteiger partial charge in [-0.25, -0.2) is 4.39 Å². The minimum atomic E-state index is -4.38. The first-order valence-electron chi connectivity index (χ1n) is 4.81. The summed E-state index contributed by atoms with van der Waals surface area (Å²) in [6, 6.07) is 3.86. The third-order valence-corrected chi connectivity index (χ3v) is 2.48. The van der Waals surface area contributed by atoms with Crippen LogP contribution in [-0.4, -0.2) is 12.0 Å². The van der Waals surface area contributed by atoms with E-state index in [4.69, 9.17) is 11.6 Å². The average Bonchev–Trinajstić information content (AvgIpc) is 2.20. The number of hydrogen-bond acceptors (Lipinski definition) is 1. The molecule has 0 radical (unpaired) electrons. The molecule has 6 heteroatoms. The highest BCUT2D eigenvalue weighted by Crippen LogP contribution is 2.24. The van der Waals surface area contributed by atoms with Crippen LogP contribution in [0.5, 0.6) is 0 Å². The second kappa shape index (κ2) is 5.49. The summed E-state index contributed by atoms with van der Waals surface area (Å²) in [5, 5.41) is 0.0466. The lowest BCUT2D eigenvalue weighted by molar-refractivity contribution is -0.143. The zero-order valence-corrected chi connectivity index (χ0v) is 9.41. The van der Waals surface area contributed by atoms with Gasteiger partial charge in [-0.05, 0) is 12.1 Å². The Bertz CT molecular complexity index is 394. The van der Waals surface area contributed by atoms with E-state index in [2.05, 4.69) is 0 Å². The van der Waals surface area contributed by atoms with Gasteiger partial charge in [0.25, 0.3) is 0 Å².